The van der Waals surface area contributed by atoms with E-state index in [9.17, 15) is 4.79 Å². The number of benzene rings is 1. The minimum atomic E-state index is 0.196. The van der Waals surface area contributed by atoms with Gasteiger partial charge in [0.25, 0.3) is 0 Å². The van der Waals surface area contributed by atoms with Gasteiger partial charge in [-0.15, -0.1) is 0 Å². The fourth-order valence-electron chi connectivity index (χ4n) is 2.85. The molecular weight excluding hydrogens is 268 g/mol. The van der Waals surface area contributed by atoms with Gasteiger partial charge in [-0.2, -0.15) is 4.98 Å². The highest BCUT2D eigenvalue weighted by atomic mass is 16.5. The molecule has 0 N–H and O–H groups in total. The van der Waals surface area contributed by atoms with Gasteiger partial charge in [0.2, 0.25) is 11.7 Å². The standard InChI is InChI=1S/C16H14N2O3/c19-11-7-5-10(6-8-11)16-17-15(18-21-16)13-9-20-14-4-2-1-3-12(13)14/h1-4,9-10H,5-8H2. The van der Waals surface area contributed by atoms with Crippen molar-refractivity contribution in [2.75, 3.05) is 0 Å². The molecule has 3 aromatic rings. The van der Waals surface area contributed by atoms with Crippen molar-refractivity contribution in [3.05, 3.63) is 36.4 Å². The topological polar surface area (TPSA) is 69.1 Å². The quantitative estimate of drug-likeness (QED) is 0.716. The lowest BCUT2D eigenvalue weighted by Crippen LogP contribution is -2.12. The number of rotatable bonds is 2. The summed E-state index contributed by atoms with van der Waals surface area (Å²) < 4.78 is 10.9. The third-order valence-electron chi connectivity index (χ3n) is 4.06. The van der Waals surface area contributed by atoms with Crippen molar-refractivity contribution in [3.63, 3.8) is 0 Å². The number of hydrogen-bond donors (Lipinski definition) is 0. The number of carbonyl (C=O) groups is 1. The zero-order chi connectivity index (χ0) is 14.2. The molecule has 5 heteroatoms. The zero-order valence-electron chi connectivity index (χ0n) is 11.4. The Morgan fingerprint density at radius 3 is 2.81 bits per heavy atom. The minimum absolute atomic E-state index is 0.196. The van der Waals surface area contributed by atoms with E-state index in [0.29, 0.717) is 30.3 Å². The van der Waals surface area contributed by atoms with Gasteiger partial charge in [0.05, 0.1) is 5.56 Å². The molecule has 1 fully saturated rings. The normalized spacial score (nSPS) is 16.7. The summed E-state index contributed by atoms with van der Waals surface area (Å²) in [4.78, 5) is 15.8. The van der Waals surface area contributed by atoms with Crippen LogP contribution in [0.25, 0.3) is 22.4 Å². The van der Waals surface area contributed by atoms with Gasteiger partial charge in [-0.05, 0) is 18.9 Å². The highest BCUT2D eigenvalue weighted by molar-refractivity contribution is 5.91. The Hall–Kier alpha value is -2.43. The van der Waals surface area contributed by atoms with Crippen LogP contribution in [0.5, 0.6) is 0 Å². The van der Waals surface area contributed by atoms with Crippen molar-refractivity contribution in [3.8, 4) is 11.4 Å². The van der Waals surface area contributed by atoms with Crippen molar-refractivity contribution in [1.29, 1.82) is 0 Å². The van der Waals surface area contributed by atoms with Gasteiger partial charge in [-0.25, -0.2) is 0 Å². The predicted molar refractivity (Wildman–Crippen MR) is 75.7 cm³/mol. The van der Waals surface area contributed by atoms with E-state index >= 15 is 0 Å². The molecule has 0 saturated heterocycles. The first kappa shape index (κ1) is 12.3. The van der Waals surface area contributed by atoms with Crippen molar-refractivity contribution in [2.45, 2.75) is 31.6 Å². The average molecular weight is 282 g/mol. The molecule has 5 nitrogen and oxygen atoms in total. The van der Waals surface area contributed by atoms with E-state index in [4.69, 9.17) is 8.94 Å². The molecule has 4 rings (SSSR count). The zero-order valence-corrected chi connectivity index (χ0v) is 11.4. The van der Waals surface area contributed by atoms with Crippen LogP contribution in [0.3, 0.4) is 0 Å². The molecule has 0 aliphatic heterocycles. The first-order chi connectivity index (χ1) is 10.3. The van der Waals surface area contributed by atoms with Gasteiger partial charge in [0.1, 0.15) is 17.6 Å². The summed E-state index contributed by atoms with van der Waals surface area (Å²) in [7, 11) is 0. The Labute approximate surface area is 120 Å². The highest BCUT2D eigenvalue weighted by Gasteiger charge is 2.25. The van der Waals surface area contributed by atoms with Crippen molar-refractivity contribution in [1.82, 2.24) is 10.1 Å². The number of furan rings is 1. The number of para-hydroxylation sites is 1. The summed E-state index contributed by atoms with van der Waals surface area (Å²) in [5, 5.41) is 5.05. The lowest BCUT2D eigenvalue weighted by atomic mass is 9.88. The van der Waals surface area contributed by atoms with Crippen LogP contribution in [0, 0.1) is 0 Å². The number of Topliss-reactive ketones (excluding diaryl/α,β-unsaturated/α-hetero) is 1. The van der Waals surface area contributed by atoms with E-state index in [-0.39, 0.29) is 5.92 Å². The third-order valence-corrected chi connectivity index (χ3v) is 4.06. The van der Waals surface area contributed by atoms with E-state index in [2.05, 4.69) is 10.1 Å². The van der Waals surface area contributed by atoms with E-state index in [1.165, 1.54) is 0 Å². The Kier molecular flexibility index (Phi) is 2.84. The maximum absolute atomic E-state index is 11.3. The number of carbonyl (C=O) groups excluding carboxylic acids is 1. The molecule has 21 heavy (non-hydrogen) atoms. The smallest absolute Gasteiger partial charge is 0.230 e. The van der Waals surface area contributed by atoms with Gasteiger partial charge >= 0.3 is 0 Å². The Morgan fingerprint density at radius 2 is 1.95 bits per heavy atom. The maximum Gasteiger partial charge on any atom is 0.230 e. The fourth-order valence-corrected chi connectivity index (χ4v) is 2.85. The molecule has 1 aromatic carbocycles. The second-order valence-corrected chi connectivity index (χ2v) is 5.41. The van der Waals surface area contributed by atoms with Gasteiger partial charge in [0, 0.05) is 24.1 Å². The largest absolute Gasteiger partial charge is 0.464 e. The molecular formula is C16H14N2O3. The molecule has 1 aliphatic rings. The molecule has 0 amide bonds. The molecule has 106 valence electrons. The van der Waals surface area contributed by atoms with Crippen molar-refractivity contribution >= 4 is 16.8 Å². The summed E-state index contributed by atoms with van der Waals surface area (Å²) in [5.41, 5.74) is 1.65. The SMILES string of the molecule is O=C1CCC(c2nc(-c3coc4ccccc34)no2)CC1. The lowest BCUT2D eigenvalue weighted by molar-refractivity contribution is -0.120. The van der Waals surface area contributed by atoms with Crippen molar-refractivity contribution < 1.29 is 13.7 Å². The summed E-state index contributed by atoms with van der Waals surface area (Å²) in [6.45, 7) is 0. The van der Waals surface area contributed by atoms with Gasteiger partial charge < -0.3 is 8.94 Å². The minimum Gasteiger partial charge on any atom is -0.464 e. The summed E-state index contributed by atoms with van der Waals surface area (Å²) >= 11 is 0. The Balaban J connectivity index is 1.66. The number of nitrogens with zero attached hydrogens (tertiary/aromatic N) is 2. The molecule has 2 aromatic heterocycles. The molecule has 1 aliphatic carbocycles. The van der Waals surface area contributed by atoms with Crippen LogP contribution in [-0.4, -0.2) is 15.9 Å². The lowest BCUT2D eigenvalue weighted by Gasteiger charge is -2.16. The number of hydrogen-bond acceptors (Lipinski definition) is 5. The van der Waals surface area contributed by atoms with E-state index in [1.807, 2.05) is 24.3 Å². The first-order valence-electron chi connectivity index (χ1n) is 7.13. The van der Waals surface area contributed by atoms with Gasteiger partial charge in [0.15, 0.2) is 0 Å². The number of ketones is 1. The van der Waals surface area contributed by atoms with Crippen LogP contribution in [0.1, 0.15) is 37.5 Å². The molecule has 0 bridgehead atoms. The first-order valence-corrected chi connectivity index (χ1v) is 7.13. The predicted octanol–water partition coefficient (Wildman–Crippen LogP) is 3.71. The number of fused-ring (bicyclic) bond motifs is 1. The van der Waals surface area contributed by atoms with E-state index in [0.717, 1.165) is 29.4 Å². The summed E-state index contributed by atoms with van der Waals surface area (Å²) in [6.07, 6.45) is 4.47. The summed E-state index contributed by atoms with van der Waals surface area (Å²) in [5.74, 6) is 1.70. The number of aromatic nitrogens is 2. The van der Waals surface area contributed by atoms with Crippen LogP contribution >= 0.6 is 0 Å². The average Bonchev–Trinajstić information content (AvgIpc) is 3.14. The Morgan fingerprint density at radius 1 is 1.14 bits per heavy atom. The molecule has 0 radical (unpaired) electrons. The van der Waals surface area contributed by atoms with Crippen LogP contribution in [0.2, 0.25) is 0 Å². The molecule has 0 spiro atoms. The molecule has 1 saturated carbocycles. The molecule has 0 atom stereocenters. The van der Waals surface area contributed by atoms with E-state index in [1.54, 1.807) is 6.26 Å². The van der Waals surface area contributed by atoms with Crippen molar-refractivity contribution in [2.24, 2.45) is 0 Å². The molecule has 0 unspecified atom stereocenters. The third kappa shape index (κ3) is 2.14. The van der Waals surface area contributed by atoms with Crippen LogP contribution in [-0.2, 0) is 4.79 Å². The molecule has 2 heterocycles. The van der Waals surface area contributed by atoms with Gasteiger partial charge in [-0.3, -0.25) is 4.79 Å². The fraction of sp³-hybridized carbons (Fsp3) is 0.312. The maximum atomic E-state index is 11.3. The Bertz CT molecular complexity index is 793. The monoisotopic (exact) mass is 282 g/mol. The van der Waals surface area contributed by atoms with Crippen LogP contribution in [0.15, 0.2) is 39.5 Å². The van der Waals surface area contributed by atoms with E-state index < -0.39 is 0 Å². The summed E-state index contributed by atoms with van der Waals surface area (Å²) in [6, 6.07) is 7.77. The van der Waals surface area contributed by atoms with Crippen LogP contribution < -0.4 is 0 Å². The van der Waals surface area contributed by atoms with Crippen LogP contribution in [0.4, 0.5) is 0 Å². The van der Waals surface area contributed by atoms with Gasteiger partial charge in [-0.1, -0.05) is 23.4 Å². The highest BCUT2D eigenvalue weighted by Crippen LogP contribution is 2.33. The second-order valence-electron chi connectivity index (χ2n) is 5.41. The second kappa shape index (κ2) is 4.84.